The SMILES string of the molecule is O/N=C/C1CCCC(Br)C1. The van der Waals surface area contributed by atoms with Crippen LogP contribution >= 0.6 is 15.9 Å². The number of alkyl halides is 1. The molecule has 1 aliphatic carbocycles. The molecule has 2 unspecified atom stereocenters. The van der Waals surface area contributed by atoms with E-state index in [9.17, 15) is 0 Å². The third-order valence-electron chi connectivity index (χ3n) is 1.93. The van der Waals surface area contributed by atoms with E-state index in [0.29, 0.717) is 10.7 Å². The molecule has 2 atom stereocenters. The lowest BCUT2D eigenvalue weighted by molar-refractivity contribution is 0.315. The first kappa shape index (κ1) is 8.05. The number of nitrogens with zero attached hydrogens (tertiary/aromatic N) is 1. The minimum absolute atomic E-state index is 0.489. The molecule has 0 amide bonds. The lowest BCUT2D eigenvalue weighted by Gasteiger charge is -2.21. The van der Waals surface area contributed by atoms with Gasteiger partial charge in [-0.3, -0.25) is 0 Å². The van der Waals surface area contributed by atoms with E-state index in [2.05, 4.69) is 21.1 Å². The Labute approximate surface area is 69.4 Å². The zero-order valence-electron chi connectivity index (χ0n) is 5.83. The highest BCUT2D eigenvalue weighted by molar-refractivity contribution is 9.09. The van der Waals surface area contributed by atoms with E-state index >= 15 is 0 Å². The molecule has 0 aromatic heterocycles. The smallest absolute Gasteiger partial charge is 0.0467 e. The predicted molar refractivity (Wildman–Crippen MR) is 45.0 cm³/mol. The Kier molecular flexibility index (Phi) is 3.19. The monoisotopic (exact) mass is 205 g/mol. The van der Waals surface area contributed by atoms with Crippen LogP contribution < -0.4 is 0 Å². The van der Waals surface area contributed by atoms with Crippen LogP contribution in [0.15, 0.2) is 5.16 Å². The predicted octanol–water partition coefficient (Wildman–Crippen LogP) is 2.40. The number of hydrogen-bond donors (Lipinski definition) is 1. The van der Waals surface area contributed by atoms with Crippen molar-refractivity contribution in [2.45, 2.75) is 30.5 Å². The van der Waals surface area contributed by atoms with Crippen molar-refractivity contribution in [1.29, 1.82) is 0 Å². The van der Waals surface area contributed by atoms with E-state index in [1.807, 2.05) is 0 Å². The Morgan fingerprint density at radius 2 is 2.30 bits per heavy atom. The Morgan fingerprint density at radius 1 is 1.50 bits per heavy atom. The molecule has 3 heteroatoms. The highest BCUT2D eigenvalue weighted by atomic mass is 79.9. The summed E-state index contributed by atoms with van der Waals surface area (Å²) in [6.45, 7) is 0. The summed E-state index contributed by atoms with van der Waals surface area (Å²) in [6.07, 6.45) is 6.44. The van der Waals surface area contributed by atoms with Gasteiger partial charge in [0.2, 0.25) is 0 Å². The first-order valence-corrected chi connectivity index (χ1v) is 4.56. The fraction of sp³-hybridized carbons (Fsp3) is 0.857. The number of halogens is 1. The van der Waals surface area contributed by atoms with Crippen molar-refractivity contribution in [3.05, 3.63) is 0 Å². The Morgan fingerprint density at radius 3 is 2.90 bits per heavy atom. The third kappa shape index (κ3) is 2.29. The molecule has 1 saturated carbocycles. The molecule has 0 radical (unpaired) electrons. The van der Waals surface area contributed by atoms with Crippen molar-refractivity contribution in [2.75, 3.05) is 0 Å². The molecule has 0 spiro atoms. The minimum Gasteiger partial charge on any atom is -0.411 e. The van der Waals surface area contributed by atoms with Crippen LogP contribution in [0.2, 0.25) is 0 Å². The van der Waals surface area contributed by atoms with E-state index in [0.717, 1.165) is 6.42 Å². The average Bonchev–Trinajstić information content (AvgIpc) is 1.88. The molecule has 1 fully saturated rings. The molecule has 1 aliphatic rings. The second-order valence-electron chi connectivity index (χ2n) is 2.79. The molecule has 0 aromatic carbocycles. The molecule has 0 bridgehead atoms. The van der Waals surface area contributed by atoms with E-state index in [-0.39, 0.29) is 0 Å². The highest BCUT2D eigenvalue weighted by Gasteiger charge is 2.17. The molecule has 10 heavy (non-hydrogen) atoms. The normalized spacial score (nSPS) is 34.9. The van der Waals surface area contributed by atoms with Gasteiger partial charge in [0.25, 0.3) is 0 Å². The van der Waals surface area contributed by atoms with Gasteiger partial charge < -0.3 is 5.21 Å². The maximum Gasteiger partial charge on any atom is 0.0467 e. The zero-order chi connectivity index (χ0) is 7.40. The molecule has 0 aromatic rings. The lowest BCUT2D eigenvalue weighted by Crippen LogP contribution is -2.15. The Balaban J connectivity index is 2.32. The standard InChI is InChI=1S/C7H12BrNO/c8-7-3-1-2-6(4-7)5-9-10/h5-7,10H,1-4H2/b9-5+. The molecular formula is C7H12BrNO. The molecule has 0 saturated heterocycles. The molecule has 0 heterocycles. The molecule has 0 aliphatic heterocycles. The molecule has 1 rings (SSSR count). The topological polar surface area (TPSA) is 32.6 Å². The van der Waals surface area contributed by atoms with Gasteiger partial charge in [-0.05, 0) is 25.2 Å². The van der Waals surface area contributed by atoms with Gasteiger partial charge >= 0.3 is 0 Å². The summed E-state index contributed by atoms with van der Waals surface area (Å²) < 4.78 is 0. The van der Waals surface area contributed by atoms with Gasteiger partial charge in [0.1, 0.15) is 0 Å². The van der Waals surface area contributed by atoms with E-state index < -0.39 is 0 Å². The van der Waals surface area contributed by atoms with Crippen LogP contribution in [0.1, 0.15) is 25.7 Å². The second-order valence-corrected chi connectivity index (χ2v) is 4.08. The fourth-order valence-electron chi connectivity index (χ4n) is 1.40. The van der Waals surface area contributed by atoms with Crippen molar-refractivity contribution < 1.29 is 5.21 Å². The maximum absolute atomic E-state index is 8.26. The van der Waals surface area contributed by atoms with Gasteiger partial charge in [0, 0.05) is 11.0 Å². The first-order valence-electron chi connectivity index (χ1n) is 3.64. The number of hydrogen-bond acceptors (Lipinski definition) is 2. The summed E-state index contributed by atoms with van der Waals surface area (Å²) in [7, 11) is 0. The van der Waals surface area contributed by atoms with Crippen molar-refractivity contribution in [3.63, 3.8) is 0 Å². The molecule has 58 valence electrons. The highest BCUT2D eigenvalue weighted by Crippen LogP contribution is 2.27. The molecule has 2 nitrogen and oxygen atoms in total. The quantitative estimate of drug-likeness (QED) is 0.304. The fourth-order valence-corrected chi connectivity index (χ4v) is 2.20. The Hall–Kier alpha value is -0.0500. The van der Waals surface area contributed by atoms with Gasteiger partial charge in [0.15, 0.2) is 0 Å². The van der Waals surface area contributed by atoms with E-state index in [1.165, 1.54) is 19.3 Å². The zero-order valence-corrected chi connectivity index (χ0v) is 7.42. The third-order valence-corrected chi connectivity index (χ3v) is 2.76. The van der Waals surface area contributed by atoms with Crippen molar-refractivity contribution in [1.82, 2.24) is 0 Å². The summed E-state index contributed by atoms with van der Waals surface area (Å²) in [4.78, 5) is 0.629. The number of oxime groups is 1. The summed E-state index contributed by atoms with van der Waals surface area (Å²) >= 11 is 3.56. The average molecular weight is 206 g/mol. The largest absolute Gasteiger partial charge is 0.411 e. The van der Waals surface area contributed by atoms with Crippen LogP contribution in [0, 0.1) is 5.92 Å². The summed E-state index contributed by atoms with van der Waals surface area (Å²) in [5.41, 5.74) is 0. The summed E-state index contributed by atoms with van der Waals surface area (Å²) in [5.74, 6) is 0.489. The van der Waals surface area contributed by atoms with Gasteiger partial charge in [-0.15, -0.1) is 5.16 Å². The minimum atomic E-state index is 0.489. The Bertz CT molecular complexity index is 127. The van der Waals surface area contributed by atoms with Gasteiger partial charge in [-0.2, -0.15) is 0 Å². The van der Waals surface area contributed by atoms with Crippen LogP contribution in [0.3, 0.4) is 0 Å². The first-order chi connectivity index (χ1) is 4.83. The van der Waals surface area contributed by atoms with Crippen molar-refractivity contribution in [3.8, 4) is 0 Å². The van der Waals surface area contributed by atoms with E-state index in [4.69, 9.17) is 5.21 Å². The molecule has 1 N–H and O–H groups in total. The van der Waals surface area contributed by atoms with Gasteiger partial charge in [-0.25, -0.2) is 0 Å². The molecular weight excluding hydrogens is 194 g/mol. The van der Waals surface area contributed by atoms with Crippen LogP contribution in [-0.2, 0) is 0 Å². The number of rotatable bonds is 1. The van der Waals surface area contributed by atoms with Crippen molar-refractivity contribution in [2.24, 2.45) is 11.1 Å². The van der Waals surface area contributed by atoms with E-state index in [1.54, 1.807) is 6.21 Å². The van der Waals surface area contributed by atoms with Crippen LogP contribution in [-0.4, -0.2) is 16.2 Å². The van der Waals surface area contributed by atoms with Gasteiger partial charge in [0.05, 0.1) is 0 Å². The van der Waals surface area contributed by atoms with Crippen molar-refractivity contribution >= 4 is 22.1 Å². The van der Waals surface area contributed by atoms with Crippen LogP contribution in [0.25, 0.3) is 0 Å². The summed E-state index contributed by atoms with van der Waals surface area (Å²) in [5, 5.41) is 11.3. The second kappa shape index (κ2) is 3.96. The summed E-state index contributed by atoms with van der Waals surface area (Å²) in [6, 6.07) is 0. The van der Waals surface area contributed by atoms with Gasteiger partial charge in [-0.1, -0.05) is 22.4 Å². The van der Waals surface area contributed by atoms with Crippen LogP contribution in [0.4, 0.5) is 0 Å². The lowest BCUT2D eigenvalue weighted by atomic mass is 9.90. The van der Waals surface area contributed by atoms with Crippen LogP contribution in [0.5, 0.6) is 0 Å². The maximum atomic E-state index is 8.26.